The highest BCUT2D eigenvalue weighted by Gasteiger charge is 2.34. The van der Waals surface area contributed by atoms with Crippen LogP contribution in [-0.4, -0.2) is 37.6 Å². The van der Waals surface area contributed by atoms with Crippen LogP contribution in [-0.2, 0) is 6.42 Å². The molecule has 1 aliphatic heterocycles. The second-order valence-electron chi connectivity index (χ2n) is 5.20. The van der Waals surface area contributed by atoms with Crippen LogP contribution in [0, 0.1) is 5.82 Å². The van der Waals surface area contributed by atoms with Gasteiger partial charge in [0.1, 0.15) is 5.82 Å². The van der Waals surface area contributed by atoms with E-state index in [0.29, 0.717) is 0 Å². The summed E-state index contributed by atoms with van der Waals surface area (Å²) in [5, 5.41) is 3.47. The molecule has 3 heteroatoms. The first-order chi connectivity index (χ1) is 8.12. The van der Waals surface area contributed by atoms with Crippen molar-refractivity contribution >= 4 is 0 Å². The standard InChI is InChI=1S/C14H21FN2/c1-17(2)14(8-3-9-16-11-14)10-12-4-6-13(15)7-5-12/h4-7,16H,3,8-11H2,1-2H3. The summed E-state index contributed by atoms with van der Waals surface area (Å²) in [6, 6.07) is 6.90. The molecule has 1 unspecified atom stereocenters. The van der Waals surface area contributed by atoms with Crippen molar-refractivity contribution in [3.63, 3.8) is 0 Å². The molecule has 1 aromatic rings. The number of nitrogens with zero attached hydrogens (tertiary/aromatic N) is 1. The quantitative estimate of drug-likeness (QED) is 0.864. The van der Waals surface area contributed by atoms with E-state index in [-0.39, 0.29) is 11.4 Å². The summed E-state index contributed by atoms with van der Waals surface area (Å²) in [6.45, 7) is 2.12. The summed E-state index contributed by atoms with van der Waals surface area (Å²) in [7, 11) is 4.27. The Bertz CT molecular complexity index is 353. The van der Waals surface area contributed by atoms with E-state index in [1.54, 1.807) is 12.1 Å². The second-order valence-corrected chi connectivity index (χ2v) is 5.20. The van der Waals surface area contributed by atoms with E-state index < -0.39 is 0 Å². The minimum absolute atomic E-state index is 0.158. The first-order valence-electron chi connectivity index (χ1n) is 6.25. The maximum Gasteiger partial charge on any atom is 0.123 e. The Kier molecular flexibility index (Phi) is 3.79. The van der Waals surface area contributed by atoms with Gasteiger partial charge in [0.15, 0.2) is 0 Å². The molecule has 0 aliphatic carbocycles. The van der Waals surface area contributed by atoms with Crippen molar-refractivity contribution in [3.05, 3.63) is 35.6 Å². The molecule has 0 aromatic heterocycles. The number of hydrogen-bond acceptors (Lipinski definition) is 2. The second kappa shape index (κ2) is 5.15. The fraction of sp³-hybridized carbons (Fsp3) is 0.571. The zero-order valence-corrected chi connectivity index (χ0v) is 10.7. The van der Waals surface area contributed by atoms with Gasteiger partial charge in [-0.1, -0.05) is 12.1 Å². The lowest BCUT2D eigenvalue weighted by molar-refractivity contribution is 0.114. The maximum atomic E-state index is 12.9. The third-order valence-corrected chi connectivity index (χ3v) is 3.84. The SMILES string of the molecule is CN(C)C1(Cc2ccc(F)cc2)CCCNC1. The molecule has 2 rings (SSSR count). The van der Waals surface area contributed by atoms with E-state index in [4.69, 9.17) is 0 Å². The summed E-state index contributed by atoms with van der Waals surface area (Å²) in [4.78, 5) is 2.31. The molecule has 1 heterocycles. The van der Waals surface area contributed by atoms with E-state index in [0.717, 1.165) is 19.5 Å². The van der Waals surface area contributed by atoms with Crippen LogP contribution in [0.15, 0.2) is 24.3 Å². The van der Waals surface area contributed by atoms with E-state index >= 15 is 0 Å². The van der Waals surface area contributed by atoms with Gasteiger partial charge >= 0.3 is 0 Å². The van der Waals surface area contributed by atoms with Crippen molar-refractivity contribution in [1.82, 2.24) is 10.2 Å². The zero-order valence-electron chi connectivity index (χ0n) is 10.7. The van der Waals surface area contributed by atoms with Crippen molar-refractivity contribution in [1.29, 1.82) is 0 Å². The summed E-state index contributed by atoms with van der Waals surface area (Å²) in [5.41, 5.74) is 1.39. The minimum atomic E-state index is -0.158. The van der Waals surface area contributed by atoms with Gasteiger partial charge in [0.25, 0.3) is 0 Å². The van der Waals surface area contributed by atoms with Gasteiger partial charge in [-0.2, -0.15) is 0 Å². The minimum Gasteiger partial charge on any atom is -0.315 e. The normalized spacial score (nSPS) is 25.2. The number of halogens is 1. The average Bonchev–Trinajstić information content (AvgIpc) is 2.33. The van der Waals surface area contributed by atoms with Gasteiger partial charge in [-0.05, 0) is 57.6 Å². The van der Waals surface area contributed by atoms with Crippen molar-refractivity contribution in [2.45, 2.75) is 24.8 Å². The van der Waals surface area contributed by atoms with E-state index in [1.807, 2.05) is 12.1 Å². The first-order valence-corrected chi connectivity index (χ1v) is 6.25. The van der Waals surface area contributed by atoms with Crippen molar-refractivity contribution in [2.24, 2.45) is 0 Å². The summed E-state index contributed by atoms with van der Waals surface area (Å²) in [6.07, 6.45) is 3.39. The molecule has 2 nitrogen and oxygen atoms in total. The molecule has 1 aromatic carbocycles. The fourth-order valence-corrected chi connectivity index (χ4v) is 2.62. The molecule has 0 amide bonds. The van der Waals surface area contributed by atoms with Crippen LogP contribution in [0.1, 0.15) is 18.4 Å². The van der Waals surface area contributed by atoms with E-state index in [9.17, 15) is 4.39 Å². The molecule has 1 atom stereocenters. The number of piperidine rings is 1. The van der Waals surface area contributed by atoms with Crippen LogP contribution in [0.4, 0.5) is 4.39 Å². The monoisotopic (exact) mass is 236 g/mol. The van der Waals surface area contributed by atoms with Crippen LogP contribution in [0.2, 0.25) is 0 Å². The Hall–Kier alpha value is -0.930. The first kappa shape index (κ1) is 12.5. The lowest BCUT2D eigenvalue weighted by Gasteiger charge is -2.43. The molecule has 17 heavy (non-hydrogen) atoms. The van der Waals surface area contributed by atoms with Crippen molar-refractivity contribution < 1.29 is 4.39 Å². The maximum absolute atomic E-state index is 12.9. The van der Waals surface area contributed by atoms with Crippen LogP contribution in [0.25, 0.3) is 0 Å². The molecule has 0 spiro atoms. The Balaban J connectivity index is 2.14. The topological polar surface area (TPSA) is 15.3 Å². The fourth-order valence-electron chi connectivity index (χ4n) is 2.62. The van der Waals surface area contributed by atoms with Crippen LogP contribution in [0.5, 0.6) is 0 Å². The predicted molar refractivity (Wildman–Crippen MR) is 68.6 cm³/mol. The number of benzene rings is 1. The summed E-state index contributed by atoms with van der Waals surface area (Å²) >= 11 is 0. The van der Waals surface area contributed by atoms with Gasteiger partial charge in [-0.25, -0.2) is 4.39 Å². The molecular weight excluding hydrogens is 215 g/mol. The van der Waals surface area contributed by atoms with Gasteiger partial charge in [0, 0.05) is 12.1 Å². The Morgan fingerprint density at radius 1 is 1.29 bits per heavy atom. The third-order valence-electron chi connectivity index (χ3n) is 3.84. The summed E-state index contributed by atoms with van der Waals surface area (Å²) < 4.78 is 12.9. The lowest BCUT2D eigenvalue weighted by Crippen LogP contribution is -2.56. The van der Waals surface area contributed by atoms with Crippen LogP contribution < -0.4 is 5.32 Å². The predicted octanol–water partition coefficient (Wildman–Crippen LogP) is 2.05. The van der Waals surface area contributed by atoms with Gasteiger partial charge in [-0.15, -0.1) is 0 Å². The molecular formula is C14H21FN2. The van der Waals surface area contributed by atoms with Gasteiger partial charge in [0.05, 0.1) is 0 Å². The number of hydrogen-bond donors (Lipinski definition) is 1. The zero-order chi connectivity index (χ0) is 12.3. The summed E-state index contributed by atoms with van der Waals surface area (Å²) in [5.74, 6) is -0.158. The van der Waals surface area contributed by atoms with Gasteiger partial charge < -0.3 is 10.2 Å². The molecule has 1 N–H and O–H groups in total. The molecule has 1 saturated heterocycles. The van der Waals surface area contributed by atoms with E-state index in [1.165, 1.54) is 18.4 Å². The molecule has 0 bridgehead atoms. The molecule has 1 fully saturated rings. The highest BCUT2D eigenvalue weighted by atomic mass is 19.1. The Morgan fingerprint density at radius 3 is 2.53 bits per heavy atom. The van der Waals surface area contributed by atoms with Gasteiger partial charge in [0.2, 0.25) is 0 Å². The van der Waals surface area contributed by atoms with Crippen molar-refractivity contribution in [3.8, 4) is 0 Å². The molecule has 94 valence electrons. The average molecular weight is 236 g/mol. The highest BCUT2D eigenvalue weighted by molar-refractivity contribution is 5.19. The third kappa shape index (κ3) is 2.85. The molecule has 0 saturated carbocycles. The number of nitrogens with one attached hydrogen (secondary N) is 1. The Labute approximate surface area is 103 Å². The lowest BCUT2D eigenvalue weighted by atomic mass is 9.83. The Morgan fingerprint density at radius 2 is 2.00 bits per heavy atom. The smallest absolute Gasteiger partial charge is 0.123 e. The van der Waals surface area contributed by atoms with Crippen LogP contribution in [0.3, 0.4) is 0 Å². The van der Waals surface area contributed by atoms with E-state index in [2.05, 4.69) is 24.3 Å². The number of likely N-dealkylation sites (N-methyl/N-ethyl adjacent to an activating group) is 1. The molecule has 0 radical (unpaired) electrons. The van der Waals surface area contributed by atoms with Gasteiger partial charge in [-0.3, -0.25) is 0 Å². The molecule has 1 aliphatic rings. The van der Waals surface area contributed by atoms with Crippen molar-refractivity contribution in [2.75, 3.05) is 27.2 Å². The largest absolute Gasteiger partial charge is 0.315 e. The highest BCUT2D eigenvalue weighted by Crippen LogP contribution is 2.26. The number of rotatable bonds is 3. The van der Waals surface area contributed by atoms with Crippen LogP contribution >= 0.6 is 0 Å².